The topological polar surface area (TPSA) is 64.9 Å². The van der Waals surface area contributed by atoms with Crippen molar-refractivity contribution in [3.05, 3.63) is 30.3 Å². The van der Waals surface area contributed by atoms with Gasteiger partial charge in [-0.2, -0.15) is 4.68 Å². The summed E-state index contributed by atoms with van der Waals surface area (Å²) in [5.41, 5.74) is 0.980. The first kappa shape index (κ1) is 15.0. The molecule has 0 fully saturated rings. The Morgan fingerprint density at radius 2 is 2.10 bits per heavy atom. The molecule has 108 valence electrons. The molecule has 0 radical (unpaired) electrons. The van der Waals surface area contributed by atoms with Gasteiger partial charge in [-0.15, -0.1) is 5.10 Å². The summed E-state index contributed by atoms with van der Waals surface area (Å²) in [5.74, 6) is 0.931. The van der Waals surface area contributed by atoms with Crippen LogP contribution in [0, 0.1) is 0 Å². The Balaban J connectivity index is 1.76. The number of hydrogen-bond acceptors (Lipinski definition) is 6. The summed E-state index contributed by atoms with van der Waals surface area (Å²) in [4.78, 5) is 0. The molecule has 2 aromatic rings. The lowest BCUT2D eigenvalue weighted by molar-refractivity contribution is 0.194. The molecule has 0 atom stereocenters. The van der Waals surface area contributed by atoms with Gasteiger partial charge in [0.25, 0.3) is 0 Å². The van der Waals surface area contributed by atoms with E-state index in [0.29, 0.717) is 0 Å². The molecular weight excluding hydrogens is 274 g/mol. The van der Waals surface area contributed by atoms with E-state index in [1.807, 2.05) is 30.3 Å². The van der Waals surface area contributed by atoms with Gasteiger partial charge in [-0.1, -0.05) is 30.0 Å². The van der Waals surface area contributed by atoms with Gasteiger partial charge in [-0.25, -0.2) is 0 Å². The van der Waals surface area contributed by atoms with Gasteiger partial charge in [0.05, 0.1) is 5.69 Å². The SMILES string of the molecule is COCCCNCCSc1nnnn1-c1ccccc1. The summed E-state index contributed by atoms with van der Waals surface area (Å²) < 4.78 is 6.76. The molecule has 7 heteroatoms. The van der Waals surface area contributed by atoms with E-state index < -0.39 is 0 Å². The van der Waals surface area contributed by atoms with Crippen molar-refractivity contribution in [3.8, 4) is 5.69 Å². The minimum absolute atomic E-state index is 0.798. The molecule has 0 aliphatic carbocycles. The Hall–Kier alpha value is -1.44. The lowest BCUT2D eigenvalue weighted by Gasteiger charge is -2.05. The third-order valence-corrected chi connectivity index (χ3v) is 3.57. The second-order valence-electron chi connectivity index (χ2n) is 4.15. The zero-order valence-corrected chi connectivity index (χ0v) is 12.3. The van der Waals surface area contributed by atoms with Crippen molar-refractivity contribution in [3.63, 3.8) is 0 Å². The molecule has 0 bridgehead atoms. The molecular formula is C13H19N5OS. The zero-order chi connectivity index (χ0) is 14.0. The molecule has 6 nitrogen and oxygen atoms in total. The van der Waals surface area contributed by atoms with E-state index in [9.17, 15) is 0 Å². The maximum Gasteiger partial charge on any atom is 0.214 e. The van der Waals surface area contributed by atoms with Gasteiger partial charge < -0.3 is 10.1 Å². The Morgan fingerprint density at radius 3 is 2.90 bits per heavy atom. The van der Waals surface area contributed by atoms with Gasteiger partial charge in [0.2, 0.25) is 5.16 Å². The average molecular weight is 293 g/mol. The number of nitrogens with one attached hydrogen (secondary N) is 1. The van der Waals surface area contributed by atoms with Crippen LogP contribution in [0.25, 0.3) is 5.69 Å². The number of benzene rings is 1. The molecule has 20 heavy (non-hydrogen) atoms. The van der Waals surface area contributed by atoms with Crippen LogP contribution in [-0.4, -0.2) is 52.8 Å². The van der Waals surface area contributed by atoms with E-state index in [0.717, 1.165) is 42.7 Å². The van der Waals surface area contributed by atoms with E-state index in [1.165, 1.54) is 0 Å². The summed E-state index contributed by atoms with van der Waals surface area (Å²) in [7, 11) is 1.72. The first-order chi connectivity index (χ1) is 9.92. The molecule has 1 heterocycles. The number of methoxy groups -OCH3 is 1. The van der Waals surface area contributed by atoms with Crippen molar-refractivity contribution >= 4 is 11.8 Å². The third-order valence-electron chi connectivity index (χ3n) is 2.65. The Kier molecular flexibility index (Phi) is 6.49. The quantitative estimate of drug-likeness (QED) is 0.556. The summed E-state index contributed by atoms with van der Waals surface area (Å²) in [6.45, 7) is 2.69. The van der Waals surface area contributed by atoms with Crippen LogP contribution in [0.1, 0.15) is 6.42 Å². The van der Waals surface area contributed by atoms with Crippen molar-refractivity contribution in [2.24, 2.45) is 0 Å². The smallest absolute Gasteiger partial charge is 0.214 e. The summed E-state index contributed by atoms with van der Waals surface area (Å²) in [5, 5.41) is 16.0. The van der Waals surface area contributed by atoms with E-state index >= 15 is 0 Å². The van der Waals surface area contributed by atoms with E-state index in [4.69, 9.17) is 4.74 Å². The van der Waals surface area contributed by atoms with E-state index in [1.54, 1.807) is 23.6 Å². The van der Waals surface area contributed by atoms with Crippen LogP contribution in [0.15, 0.2) is 35.5 Å². The van der Waals surface area contributed by atoms with E-state index in [2.05, 4.69) is 20.8 Å². The molecule has 0 aliphatic heterocycles. The highest BCUT2D eigenvalue weighted by atomic mass is 32.2. The predicted octanol–water partition coefficient (Wildman–Crippen LogP) is 1.38. The number of tetrazole rings is 1. The average Bonchev–Trinajstić information content (AvgIpc) is 2.96. The molecule has 1 aromatic heterocycles. The van der Waals surface area contributed by atoms with Gasteiger partial charge in [-0.05, 0) is 35.5 Å². The summed E-state index contributed by atoms with van der Waals surface area (Å²) in [6.07, 6.45) is 1.03. The molecule has 0 amide bonds. The summed E-state index contributed by atoms with van der Waals surface area (Å²) in [6, 6.07) is 9.91. The number of ether oxygens (including phenoxy) is 1. The third kappa shape index (κ3) is 4.59. The molecule has 1 aromatic carbocycles. The summed E-state index contributed by atoms with van der Waals surface area (Å²) >= 11 is 1.65. The number of aromatic nitrogens is 4. The second-order valence-corrected chi connectivity index (χ2v) is 5.22. The minimum atomic E-state index is 0.798. The van der Waals surface area contributed by atoms with Crippen LogP contribution < -0.4 is 5.32 Å². The van der Waals surface area contributed by atoms with Crippen LogP contribution in [0.3, 0.4) is 0 Å². The lowest BCUT2D eigenvalue weighted by atomic mass is 10.3. The molecule has 1 N–H and O–H groups in total. The number of rotatable bonds is 9. The van der Waals surface area contributed by atoms with Gasteiger partial charge in [-0.3, -0.25) is 0 Å². The van der Waals surface area contributed by atoms with Crippen LogP contribution in [0.2, 0.25) is 0 Å². The maximum absolute atomic E-state index is 5.00. The highest BCUT2D eigenvalue weighted by molar-refractivity contribution is 7.99. The van der Waals surface area contributed by atoms with Crippen molar-refractivity contribution in [2.75, 3.05) is 32.6 Å². The van der Waals surface area contributed by atoms with Crippen molar-refractivity contribution in [2.45, 2.75) is 11.6 Å². The number of hydrogen-bond donors (Lipinski definition) is 1. The maximum atomic E-state index is 5.00. The Morgan fingerprint density at radius 1 is 1.25 bits per heavy atom. The zero-order valence-electron chi connectivity index (χ0n) is 11.5. The first-order valence-corrected chi connectivity index (χ1v) is 7.56. The molecule has 0 unspecified atom stereocenters. The van der Waals surface area contributed by atoms with Gasteiger partial charge in [0.1, 0.15) is 0 Å². The fraction of sp³-hybridized carbons (Fsp3) is 0.462. The molecule has 0 spiro atoms. The van der Waals surface area contributed by atoms with Gasteiger partial charge in [0.15, 0.2) is 0 Å². The van der Waals surface area contributed by atoms with Gasteiger partial charge in [0, 0.05) is 26.0 Å². The molecule has 0 aliphatic rings. The Labute approximate surface area is 122 Å². The highest BCUT2D eigenvalue weighted by Gasteiger charge is 2.07. The largest absolute Gasteiger partial charge is 0.385 e. The fourth-order valence-electron chi connectivity index (χ4n) is 1.68. The van der Waals surface area contributed by atoms with E-state index in [-0.39, 0.29) is 0 Å². The van der Waals surface area contributed by atoms with Crippen molar-refractivity contribution in [1.82, 2.24) is 25.5 Å². The molecule has 0 saturated heterocycles. The molecule has 0 saturated carbocycles. The van der Waals surface area contributed by atoms with Crippen LogP contribution in [-0.2, 0) is 4.74 Å². The normalized spacial score (nSPS) is 10.8. The van der Waals surface area contributed by atoms with Crippen LogP contribution in [0.4, 0.5) is 0 Å². The van der Waals surface area contributed by atoms with Crippen molar-refractivity contribution in [1.29, 1.82) is 0 Å². The fourth-order valence-corrected chi connectivity index (χ4v) is 2.47. The number of para-hydroxylation sites is 1. The number of thioether (sulfide) groups is 1. The predicted molar refractivity (Wildman–Crippen MR) is 79.2 cm³/mol. The minimum Gasteiger partial charge on any atom is -0.385 e. The molecule has 2 rings (SSSR count). The Bertz CT molecular complexity index is 491. The highest BCUT2D eigenvalue weighted by Crippen LogP contribution is 2.16. The van der Waals surface area contributed by atoms with Gasteiger partial charge >= 0.3 is 0 Å². The number of nitrogens with zero attached hydrogens (tertiary/aromatic N) is 4. The van der Waals surface area contributed by atoms with Crippen LogP contribution >= 0.6 is 11.8 Å². The second kappa shape index (κ2) is 8.68. The van der Waals surface area contributed by atoms with Crippen LogP contribution in [0.5, 0.6) is 0 Å². The van der Waals surface area contributed by atoms with Crippen molar-refractivity contribution < 1.29 is 4.74 Å². The monoisotopic (exact) mass is 293 g/mol. The first-order valence-electron chi connectivity index (χ1n) is 6.58. The lowest BCUT2D eigenvalue weighted by Crippen LogP contribution is -2.19. The standard InChI is InChI=1S/C13H19N5OS/c1-19-10-5-8-14-9-11-20-13-15-16-17-18(13)12-6-3-2-4-7-12/h2-4,6-7,14H,5,8-11H2,1H3.